The van der Waals surface area contributed by atoms with E-state index in [4.69, 9.17) is 11.5 Å². The highest BCUT2D eigenvalue weighted by atomic mass is 16.2. The minimum atomic E-state index is -1.91. The third-order valence-corrected chi connectivity index (χ3v) is 4.73. The van der Waals surface area contributed by atoms with Crippen LogP contribution in [0.1, 0.15) is 25.0 Å². The minimum Gasteiger partial charge on any atom is -0.368 e. The highest BCUT2D eigenvalue weighted by molar-refractivity contribution is 6.16. The Hall–Kier alpha value is -2.75. The van der Waals surface area contributed by atoms with Gasteiger partial charge in [-0.2, -0.15) is 0 Å². The number of primary amides is 1. The molecule has 1 aromatic rings. The highest BCUT2D eigenvalue weighted by Crippen LogP contribution is 2.25. The van der Waals surface area contributed by atoms with Gasteiger partial charge in [-0.15, -0.1) is 0 Å². The van der Waals surface area contributed by atoms with Gasteiger partial charge in [0.25, 0.3) is 5.91 Å². The first-order chi connectivity index (χ1) is 11.8. The van der Waals surface area contributed by atoms with Crippen molar-refractivity contribution in [1.29, 1.82) is 0 Å². The van der Waals surface area contributed by atoms with E-state index in [0.29, 0.717) is 25.1 Å². The van der Waals surface area contributed by atoms with E-state index >= 15 is 0 Å². The number of carbonyl (C=O) groups is 4. The number of nitrogens with one attached hydrogen (secondary N) is 2. The Morgan fingerprint density at radius 1 is 1.40 bits per heavy atom. The summed E-state index contributed by atoms with van der Waals surface area (Å²) < 4.78 is 0. The number of likely N-dealkylation sites (tertiary alicyclic amines) is 1. The van der Waals surface area contributed by atoms with Crippen molar-refractivity contribution < 1.29 is 19.2 Å². The molecule has 3 amide bonds. The van der Waals surface area contributed by atoms with Crippen molar-refractivity contribution in [2.75, 3.05) is 6.54 Å². The third kappa shape index (κ3) is 3.00. The molecule has 3 rings (SSSR count). The van der Waals surface area contributed by atoms with Crippen molar-refractivity contribution in [3.63, 3.8) is 0 Å². The van der Waals surface area contributed by atoms with Crippen LogP contribution in [0.2, 0.25) is 0 Å². The number of nitrogens with zero attached hydrogens (tertiary/aromatic N) is 2. The number of aromatic nitrogens is 2. The topological polar surface area (TPSA) is 164 Å². The number of carbonyl (C=O) groups excluding carboxylic acids is 4. The summed E-state index contributed by atoms with van der Waals surface area (Å²) in [6.07, 6.45) is 3.81. The Labute approximate surface area is 143 Å². The van der Waals surface area contributed by atoms with Crippen LogP contribution >= 0.6 is 0 Å². The van der Waals surface area contributed by atoms with E-state index in [2.05, 4.69) is 15.3 Å². The summed E-state index contributed by atoms with van der Waals surface area (Å²) >= 11 is 0. The van der Waals surface area contributed by atoms with Crippen LogP contribution in [0.3, 0.4) is 0 Å². The van der Waals surface area contributed by atoms with Gasteiger partial charge in [-0.3, -0.25) is 19.2 Å². The van der Waals surface area contributed by atoms with Gasteiger partial charge in [0.15, 0.2) is 11.3 Å². The van der Waals surface area contributed by atoms with E-state index < -0.39 is 35.2 Å². The number of nitrogens with two attached hydrogens (primary N) is 2. The lowest BCUT2D eigenvalue weighted by Gasteiger charge is -2.37. The number of aromatic amines is 1. The average molecular weight is 348 g/mol. The Morgan fingerprint density at radius 3 is 2.68 bits per heavy atom. The standard InChI is InChI=1S/C15H20N6O4/c16-13(24)10-2-1-3-21(10)14(25)15(17,5-8-6-18-7-19-8)12(23)9-4-11(22)20-9/h6-7,9-10H,1-5,17H2,(H2,16,24)(H,18,19)(H,20,22)/t9-,10-,15+/m0/s1. The Balaban J connectivity index is 1.89. The third-order valence-electron chi connectivity index (χ3n) is 4.73. The molecule has 0 aliphatic carbocycles. The molecule has 2 saturated heterocycles. The molecule has 0 aromatic carbocycles. The molecule has 0 spiro atoms. The van der Waals surface area contributed by atoms with Crippen molar-refractivity contribution in [3.05, 3.63) is 18.2 Å². The summed E-state index contributed by atoms with van der Waals surface area (Å²) in [5.41, 5.74) is 10.2. The molecule has 2 aliphatic heterocycles. The largest absolute Gasteiger partial charge is 0.368 e. The van der Waals surface area contributed by atoms with E-state index in [1.165, 1.54) is 17.4 Å². The molecule has 6 N–H and O–H groups in total. The second kappa shape index (κ2) is 6.28. The SMILES string of the molecule is NC(=O)[C@@H]1CCCN1C(=O)[C@@](N)(Cc1cnc[nH]1)C(=O)[C@@H]1CC(=O)N1. The van der Waals surface area contributed by atoms with Crippen molar-refractivity contribution in [3.8, 4) is 0 Å². The molecule has 2 aliphatic rings. The first-order valence-electron chi connectivity index (χ1n) is 8.03. The Morgan fingerprint density at radius 2 is 2.12 bits per heavy atom. The van der Waals surface area contributed by atoms with Gasteiger partial charge in [0.2, 0.25) is 11.8 Å². The van der Waals surface area contributed by atoms with Gasteiger partial charge >= 0.3 is 0 Å². The zero-order chi connectivity index (χ0) is 18.2. The molecule has 134 valence electrons. The molecule has 0 radical (unpaired) electrons. The van der Waals surface area contributed by atoms with E-state index in [0.717, 1.165) is 0 Å². The number of ketones is 1. The first kappa shape index (κ1) is 17.1. The summed E-state index contributed by atoms with van der Waals surface area (Å²) in [5.74, 6) is -2.14. The zero-order valence-corrected chi connectivity index (χ0v) is 13.5. The molecule has 3 atom stereocenters. The van der Waals surface area contributed by atoms with E-state index in [-0.39, 0.29) is 18.7 Å². The van der Waals surface area contributed by atoms with Crippen molar-refractivity contribution in [2.24, 2.45) is 11.5 Å². The maximum absolute atomic E-state index is 13.1. The second-order valence-electron chi connectivity index (χ2n) is 6.47. The van der Waals surface area contributed by atoms with Gasteiger partial charge in [-0.1, -0.05) is 0 Å². The zero-order valence-electron chi connectivity index (χ0n) is 13.5. The number of imidazole rings is 1. The molecular weight excluding hydrogens is 328 g/mol. The molecule has 0 saturated carbocycles. The van der Waals surface area contributed by atoms with E-state index in [1.807, 2.05) is 0 Å². The fourth-order valence-corrected chi connectivity index (χ4v) is 3.34. The normalized spacial score (nSPS) is 25.0. The maximum atomic E-state index is 13.1. The van der Waals surface area contributed by atoms with Gasteiger partial charge in [-0.25, -0.2) is 4.98 Å². The summed E-state index contributed by atoms with van der Waals surface area (Å²) in [6, 6.07) is -1.58. The molecule has 25 heavy (non-hydrogen) atoms. The van der Waals surface area contributed by atoms with Crippen LogP contribution in [-0.4, -0.2) is 62.5 Å². The predicted molar refractivity (Wildman–Crippen MR) is 84.7 cm³/mol. The Bertz CT molecular complexity index is 710. The van der Waals surface area contributed by atoms with Gasteiger partial charge < -0.3 is 26.7 Å². The Kier molecular flexibility index (Phi) is 4.29. The van der Waals surface area contributed by atoms with Crippen LogP contribution in [0.15, 0.2) is 12.5 Å². The van der Waals surface area contributed by atoms with Crippen molar-refractivity contribution in [1.82, 2.24) is 20.2 Å². The molecule has 3 heterocycles. The maximum Gasteiger partial charge on any atom is 0.251 e. The summed E-state index contributed by atoms with van der Waals surface area (Å²) in [6.45, 7) is 0.304. The number of rotatable bonds is 6. The first-order valence-corrected chi connectivity index (χ1v) is 8.03. The van der Waals surface area contributed by atoms with Crippen LogP contribution in [0, 0.1) is 0 Å². The van der Waals surface area contributed by atoms with Crippen LogP contribution in [0.5, 0.6) is 0 Å². The molecule has 10 heteroatoms. The summed E-state index contributed by atoms with van der Waals surface area (Å²) in [5, 5.41) is 2.45. The van der Waals surface area contributed by atoms with Crippen LogP contribution < -0.4 is 16.8 Å². The summed E-state index contributed by atoms with van der Waals surface area (Å²) in [4.78, 5) is 56.7. The fraction of sp³-hybridized carbons (Fsp3) is 0.533. The molecule has 2 fully saturated rings. The van der Waals surface area contributed by atoms with Crippen molar-refractivity contribution in [2.45, 2.75) is 43.3 Å². The molecule has 0 bridgehead atoms. The van der Waals surface area contributed by atoms with Crippen LogP contribution in [-0.2, 0) is 25.6 Å². The number of Topliss-reactive ketones (excluding diaryl/α,β-unsaturated/α-hetero) is 1. The van der Waals surface area contributed by atoms with Gasteiger partial charge in [0, 0.05) is 24.9 Å². The van der Waals surface area contributed by atoms with Crippen LogP contribution in [0.4, 0.5) is 0 Å². The van der Waals surface area contributed by atoms with E-state index in [9.17, 15) is 19.2 Å². The van der Waals surface area contributed by atoms with E-state index in [1.54, 1.807) is 0 Å². The van der Waals surface area contributed by atoms with Crippen molar-refractivity contribution >= 4 is 23.5 Å². The quantitative estimate of drug-likeness (QED) is 0.330. The minimum absolute atomic E-state index is 0.00666. The fourth-order valence-electron chi connectivity index (χ4n) is 3.34. The highest BCUT2D eigenvalue weighted by Gasteiger charge is 2.52. The lowest BCUT2D eigenvalue weighted by atomic mass is 9.81. The number of H-pyrrole nitrogens is 1. The average Bonchev–Trinajstić information content (AvgIpc) is 3.21. The molecule has 10 nitrogen and oxygen atoms in total. The lowest BCUT2D eigenvalue weighted by molar-refractivity contribution is -0.150. The number of hydrogen-bond acceptors (Lipinski definition) is 6. The number of amides is 3. The molecular formula is C15H20N6O4. The van der Waals surface area contributed by atoms with Gasteiger partial charge in [-0.05, 0) is 12.8 Å². The predicted octanol–water partition coefficient (Wildman–Crippen LogP) is -2.42. The van der Waals surface area contributed by atoms with Gasteiger partial charge in [0.05, 0.1) is 18.8 Å². The molecule has 0 unspecified atom stereocenters. The summed E-state index contributed by atoms with van der Waals surface area (Å²) in [7, 11) is 0. The monoisotopic (exact) mass is 348 g/mol. The number of hydrogen-bond donors (Lipinski definition) is 4. The van der Waals surface area contributed by atoms with Crippen LogP contribution in [0.25, 0.3) is 0 Å². The second-order valence-corrected chi connectivity index (χ2v) is 6.47. The smallest absolute Gasteiger partial charge is 0.251 e. The number of β-lactam (4-membered cyclic amide) rings is 1. The molecule has 1 aromatic heterocycles. The van der Waals surface area contributed by atoms with Gasteiger partial charge in [0.1, 0.15) is 6.04 Å². The lowest BCUT2D eigenvalue weighted by Crippen LogP contribution is -2.70.